The molecule has 0 aliphatic carbocycles. The Hall–Kier alpha value is -0.850. The van der Waals surface area contributed by atoms with Crippen LogP contribution in [0.2, 0.25) is 5.15 Å². The van der Waals surface area contributed by atoms with Crippen molar-refractivity contribution in [2.24, 2.45) is 5.73 Å². The summed E-state index contributed by atoms with van der Waals surface area (Å²) in [6.45, 7) is 1.51. The number of halogens is 4. The van der Waals surface area contributed by atoms with Crippen molar-refractivity contribution < 1.29 is 18.3 Å². The average Bonchev–Trinajstić information content (AvgIpc) is 2.26. The first-order chi connectivity index (χ1) is 7.74. The molecule has 0 spiro atoms. The van der Waals surface area contributed by atoms with E-state index in [9.17, 15) is 18.3 Å². The highest BCUT2D eigenvalue weighted by Gasteiger charge is 2.35. The fraction of sp³-hybridized carbons (Fsp3) is 0.500. The third-order valence-electron chi connectivity index (χ3n) is 2.56. The number of nitrogens with zero attached hydrogens (tertiary/aromatic N) is 1. The number of alkyl halides is 3. The lowest BCUT2D eigenvalue weighted by atomic mass is 9.92. The largest absolute Gasteiger partial charge is 0.433 e. The molecule has 7 heteroatoms. The van der Waals surface area contributed by atoms with E-state index in [-0.39, 0.29) is 23.7 Å². The molecule has 1 unspecified atom stereocenters. The SMILES string of the molecule is CCC(O)(CN)c1ccc(C(F)(F)F)nc1Cl. The average molecular weight is 269 g/mol. The van der Waals surface area contributed by atoms with Crippen LogP contribution in [0.3, 0.4) is 0 Å². The van der Waals surface area contributed by atoms with E-state index < -0.39 is 17.5 Å². The molecule has 1 atom stereocenters. The van der Waals surface area contributed by atoms with Gasteiger partial charge in [-0.25, -0.2) is 4.98 Å². The molecule has 0 aliphatic rings. The number of nitrogens with two attached hydrogens (primary N) is 1. The number of aromatic nitrogens is 1. The van der Waals surface area contributed by atoms with Crippen molar-refractivity contribution >= 4 is 11.6 Å². The van der Waals surface area contributed by atoms with Crippen LogP contribution in [0.25, 0.3) is 0 Å². The maximum absolute atomic E-state index is 12.4. The van der Waals surface area contributed by atoms with Gasteiger partial charge in [0, 0.05) is 12.1 Å². The molecule has 0 radical (unpaired) electrons. The lowest BCUT2D eigenvalue weighted by molar-refractivity contribution is -0.141. The maximum atomic E-state index is 12.4. The standard InChI is InChI=1S/C10H12ClF3N2O/c1-2-9(17,5-15)6-3-4-7(10(12,13)14)16-8(6)11/h3-4,17H,2,5,15H2,1H3. The Morgan fingerprint density at radius 1 is 1.41 bits per heavy atom. The third-order valence-corrected chi connectivity index (χ3v) is 2.85. The summed E-state index contributed by atoms with van der Waals surface area (Å²) >= 11 is 5.65. The summed E-state index contributed by atoms with van der Waals surface area (Å²) in [4.78, 5) is 3.23. The zero-order valence-electron chi connectivity index (χ0n) is 9.05. The summed E-state index contributed by atoms with van der Waals surface area (Å²) in [5, 5.41) is 9.66. The Bertz CT molecular complexity index is 405. The topological polar surface area (TPSA) is 59.1 Å². The first-order valence-electron chi connectivity index (χ1n) is 4.91. The lowest BCUT2D eigenvalue weighted by Gasteiger charge is -2.26. The highest BCUT2D eigenvalue weighted by atomic mass is 35.5. The monoisotopic (exact) mass is 268 g/mol. The van der Waals surface area contributed by atoms with Crippen molar-refractivity contribution in [1.82, 2.24) is 4.98 Å². The highest BCUT2D eigenvalue weighted by molar-refractivity contribution is 6.30. The molecule has 1 aromatic heterocycles. The predicted octanol–water partition coefficient (Wildman–Crippen LogP) is 2.31. The number of aliphatic hydroxyl groups is 1. The minimum atomic E-state index is -4.56. The van der Waals surface area contributed by atoms with E-state index in [1.54, 1.807) is 6.92 Å². The van der Waals surface area contributed by atoms with Crippen molar-refractivity contribution in [3.63, 3.8) is 0 Å². The van der Waals surface area contributed by atoms with Gasteiger partial charge in [-0.15, -0.1) is 0 Å². The Morgan fingerprint density at radius 2 is 2.00 bits per heavy atom. The quantitative estimate of drug-likeness (QED) is 0.827. The van der Waals surface area contributed by atoms with Gasteiger partial charge in [0.25, 0.3) is 0 Å². The molecule has 1 heterocycles. The highest BCUT2D eigenvalue weighted by Crippen LogP contribution is 2.33. The van der Waals surface area contributed by atoms with Crippen molar-refractivity contribution in [2.45, 2.75) is 25.1 Å². The zero-order chi connectivity index (χ0) is 13.3. The molecule has 0 saturated carbocycles. The van der Waals surface area contributed by atoms with E-state index in [1.807, 2.05) is 0 Å². The number of rotatable bonds is 3. The molecule has 0 aromatic carbocycles. The Balaban J connectivity index is 3.23. The van der Waals surface area contributed by atoms with Gasteiger partial charge in [0.1, 0.15) is 16.4 Å². The van der Waals surface area contributed by atoms with E-state index in [1.165, 1.54) is 0 Å². The van der Waals surface area contributed by atoms with Crippen LogP contribution in [-0.4, -0.2) is 16.6 Å². The van der Waals surface area contributed by atoms with Crippen molar-refractivity contribution in [2.75, 3.05) is 6.54 Å². The van der Waals surface area contributed by atoms with Crippen molar-refractivity contribution in [1.29, 1.82) is 0 Å². The van der Waals surface area contributed by atoms with Crippen LogP contribution < -0.4 is 5.73 Å². The number of hydrogen-bond acceptors (Lipinski definition) is 3. The molecule has 1 rings (SSSR count). The zero-order valence-corrected chi connectivity index (χ0v) is 9.81. The fourth-order valence-corrected chi connectivity index (χ4v) is 1.71. The Morgan fingerprint density at radius 3 is 2.35 bits per heavy atom. The summed E-state index contributed by atoms with van der Waals surface area (Å²) in [7, 11) is 0. The molecule has 0 fully saturated rings. The van der Waals surface area contributed by atoms with Gasteiger partial charge in [-0.3, -0.25) is 0 Å². The van der Waals surface area contributed by atoms with Crippen molar-refractivity contribution in [3.8, 4) is 0 Å². The molecule has 0 amide bonds. The molecular formula is C10H12ClF3N2O. The van der Waals surface area contributed by atoms with Crippen LogP contribution in [0.15, 0.2) is 12.1 Å². The van der Waals surface area contributed by atoms with E-state index in [0.29, 0.717) is 0 Å². The van der Waals surface area contributed by atoms with Crippen LogP contribution in [0.1, 0.15) is 24.6 Å². The summed E-state index contributed by atoms with van der Waals surface area (Å²) in [5.41, 5.74) is 2.95. The maximum Gasteiger partial charge on any atom is 0.433 e. The summed E-state index contributed by atoms with van der Waals surface area (Å²) in [6.07, 6.45) is -4.33. The molecule has 3 N–H and O–H groups in total. The van der Waals surface area contributed by atoms with E-state index >= 15 is 0 Å². The molecule has 0 bridgehead atoms. The Kier molecular flexibility index (Phi) is 4.01. The van der Waals surface area contributed by atoms with Gasteiger partial charge < -0.3 is 10.8 Å². The smallest absolute Gasteiger partial charge is 0.384 e. The molecule has 0 aliphatic heterocycles. The first-order valence-corrected chi connectivity index (χ1v) is 5.29. The molecule has 0 saturated heterocycles. The summed E-state index contributed by atoms with van der Waals surface area (Å²) in [5.74, 6) is 0. The second kappa shape index (κ2) is 4.80. The fourth-order valence-electron chi connectivity index (χ4n) is 1.38. The van der Waals surface area contributed by atoms with Crippen LogP contribution in [0, 0.1) is 0 Å². The second-order valence-electron chi connectivity index (χ2n) is 3.62. The van der Waals surface area contributed by atoms with Crippen LogP contribution in [0.4, 0.5) is 13.2 Å². The minimum Gasteiger partial charge on any atom is -0.384 e. The van der Waals surface area contributed by atoms with Gasteiger partial charge in [0.2, 0.25) is 0 Å². The molecule has 96 valence electrons. The van der Waals surface area contributed by atoms with Gasteiger partial charge in [-0.1, -0.05) is 24.6 Å². The summed E-state index contributed by atoms with van der Waals surface area (Å²) in [6, 6.07) is 1.88. The van der Waals surface area contributed by atoms with Gasteiger partial charge >= 0.3 is 6.18 Å². The Labute approximate surface area is 101 Å². The van der Waals surface area contributed by atoms with E-state index in [2.05, 4.69) is 4.98 Å². The third kappa shape index (κ3) is 2.88. The van der Waals surface area contributed by atoms with Crippen LogP contribution in [0.5, 0.6) is 0 Å². The van der Waals surface area contributed by atoms with Crippen LogP contribution in [-0.2, 0) is 11.8 Å². The van der Waals surface area contributed by atoms with Crippen LogP contribution >= 0.6 is 11.6 Å². The van der Waals surface area contributed by atoms with E-state index in [0.717, 1.165) is 12.1 Å². The van der Waals surface area contributed by atoms with Crippen molar-refractivity contribution in [3.05, 3.63) is 28.5 Å². The normalized spacial score (nSPS) is 15.7. The number of hydrogen-bond donors (Lipinski definition) is 2. The molecule has 3 nitrogen and oxygen atoms in total. The van der Waals surface area contributed by atoms with Gasteiger partial charge in [-0.05, 0) is 12.5 Å². The summed E-state index contributed by atoms with van der Waals surface area (Å²) < 4.78 is 37.1. The second-order valence-corrected chi connectivity index (χ2v) is 3.98. The first kappa shape index (κ1) is 14.2. The minimum absolute atomic E-state index is 0.108. The van der Waals surface area contributed by atoms with E-state index in [4.69, 9.17) is 17.3 Å². The molecule has 17 heavy (non-hydrogen) atoms. The molecular weight excluding hydrogens is 257 g/mol. The predicted molar refractivity (Wildman–Crippen MR) is 57.5 cm³/mol. The van der Waals surface area contributed by atoms with Gasteiger partial charge in [0.05, 0.1) is 0 Å². The number of pyridine rings is 1. The van der Waals surface area contributed by atoms with Gasteiger partial charge in [-0.2, -0.15) is 13.2 Å². The lowest BCUT2D eigenvalue weighted by Crippen LogP contribution is -2.34. The van der Waals surface area contributed by atoms with Gasteiger partial charge in [0.15, 0.2) is 0 Å². The molecule has 1 aromatic rings.